The first-order valence-corrected chi connectivity index (χ1v) is 8.98. The van der Waals surface area contributed by atoms with Crippen LogP contribution in [0.5, 0.6) is 0 Å². The van der Waals surface area contributed by atoms with E-state index in [1.54, 1.807) is 6.20 Å². The van der Waals surface area contributed by atoms with E-state index in [0.717, 1.165) is 39.2 Å². The van der Waals surface area contributed by atoms with Gasteiger partial charge in [-0.25, -0.2) is 0 Å². The second kappa shape index (κ2) is 7.17. The zero-order valence-electron chi connectivity index (χ0n) is 14.5. The minimum absolute atomic E-state index is 0.00783. The standard InChI is InChI=1S/C22H18ClN3O/c23-20-13-21-17(12-22(27)26-21)11-19(20)16-3-1-14(2-4-16)15-5-7-18(8-6-15)25-10-9-24/h1-11,13,25H,12,24H2,(H,26,27)/b10-9-. The Bertz CT molecular complexity index is 1020. The molecule has 0 spiro atoms. The fourth-order valence-electron chi connectivity index (χ4n) is 3.21. The van der Waals surface area contributed by atoms with Gasteiger partial charge in [0.25, 0.3) is 0 Å². The lowest BCUT2D eigenvalue weighted by atomic mass is 9.98. The van der Waals surface area contributed by atoms with E-state index < -0.39 is 0 Å². The summed E-state index contributed by atoms with van der Waals surface area (Å²) in [5.74, 6) is 0.00783. The summed E-state index contributed by atoms with van der Waals surface area (Å²) in [5.41, 5.74) is 12.3. The molecule has 4 N–H and O–H groups in total. The van der Waals surface area contributed by atoms with E-state index >= 15 is 0 Å². The third-order valence-electron chi connectivity index (χ3n) is 4.58. The smallest absolute Gasteiger partial charge is 0.228 e. The van der Waals surface area contributed by atoms with Crippen LogP contribution in [0, 0.1) is 0 Å². The van der Waals surface area contributed by atoms with Gasteiger partial charge in [0.1, 0.15) is 0 Å². The Labute approximate surface area is 162 Å². The Morgan fingerprint density at radius 3 is 2.26 bits per heavy atom. The van der Waals surface area contributed by atoms with E-state index in [9.17, 15) is 4.79 Å². The molecule has 1 aliphatic rings. The fourth-order valence-corrected chi connectivity index (χ4v) is 3.49. The molecule has 0 saturated heterocycles. The Hall–Kier alpha value is -3.24. The van der Waals surface area contributed by atoms with Gasteiger partial charge in [0.15, 0.2) is 0 Å². The van der Waals surface area contributed by atoms with Gasteiger partial charge in [-0.2, -0.15) is 0 Å². The van der Waals surface area contributed by atoms with Crippen molar-refractivity contribution in [3.8, 4) is 22.3 Å². The summed E-state index contributed by atoms with van der Waals surface area (Å²) in [6.45, 7) is 0. The zero-order chi connectivity index (χ0) is 18.8. The second-order valence-electron chi connectivity index (χ2n) is 6.37. The van der Waals surface area contributed by atoms with Crippen molar-refractivity contribution in [2.45, 2.75) is 6.42 Å². The molecule has 0 atom stereocenters. The molecular formula is C22H18ClN3O. The van der Waals surface area contributed by atoms with Gasteiger partial charge in [-0.15, -0.1) is 0 Å². The summed E-state index contributed by atoms with van der Waals surface area (Å²) in [5, 5.41) is 6.54. The Morgan fingerprint density at radius 2 is 1.59 bits per heavy atom. The summed E-state index contributed by atoms with van der Waals surface area (Å²) >= 11 is 6.43. The first-order valence-electron chi connectivity index (χ1n) is 8.60. The summed E-state index contributed by atoms with van der Waals surface area (Å²) in [7, 11) is 0. The molecule has 3 aromatic carbocycles. The van der Waals surface area contributed by atoms with Crippen LogP contribution >= 0.6 is 11.6 Å². The highest BCUT2D eigenvalue weighted by atomic mass is 35.5. The van der Waals surface area contributed by atoms with Crippen LogP contribution in [0.3, 0.4) is 0 Å². The van der Waals surface area contributed by atoms with Crippen molar-refractivity contribution in [1.82, 2.24) is 0 Å². The molecule has 0 bridgehead atoms. The third kappa shape index (κ3) is 3.52. The minimum atomic E-state index is 0.00783. The molecule has 0 unspecified atom stereocenters. The van der Waals surface area contributed by atoms with Gasteiger partial charge in [0, 0.05) is 29.3 Å². The quantitative estimate of drug-likeness (QED) is 0.600. The van der Waals surface area contributed by atoms with Gasteiger partial charge in [0.2, 0.25) is 5.91 Å². The molecule has 134 valence electrons. The normalized spacial score (nSPS) is 12.9. The monoisotopic (exact) mass is 375 g/mol. The van der Waals surface area contributed by atoms with Crippen molar-refractivity contribution < 1.29 is 4.79 Å². The fraction of sp³-hybridized carbons (Fsp3) is 0.0455. The molecule has 1 aliphatic heterocycles. The average molecular weight is 376 g/mol. The van der Waals surface area contributed by atoms with E-state index in [1.807, 2.05) is 24.3 Å². The number of amides is 1. The van der Waals surface area contributed by atoms with Crippen molar-refractivity contribution in [2.24, 2.45) is 5.73 Å². The molecule has 3 aromatic rings. The van der Waals surface area contributed by atoms with Gasteiger partial charge in [0.05, 0.1) is 11.4 Å². The number of hydrogen-bond donors (Lipinski definition) is 3. The maximum absolute atomic E-state index is 11.6. The number of carbonyl (C=O) groups is 1. The van der Waals surface area contributed by atoms with Crippen LogP contribution in [0.4, 0.5) is 11.4 Å². The number of carbonyl (C=O) groups excluding carboxylic acids is 1. The largest absolute Gasteiger partial charge is 0.403 e. The van der Waals surface area contributed by atoms with Gasteiger partial charge in [-0.3, -0.25) is 4.79 Å². The molecule has 4 rings (SSSR count). The van der Waals surface area contributed by atoms with Crippen molar-refractivity contribution in [3.05, 3.63) is 83.6 Å². The third-order valence-corrected chi connectivity index (χ3v) is 4.89. The molecule has 5 heteroatoms. The van der Waals surface area contributed by atoms with Crippen LogP contribution < -0.4 is 16.4 Å². The average Bonchev–Trinajstić information content (AvgIpc) is 3.05. The van der Waals surface area contributed by atoms with E-state index in [-0.39, 0.29) is 5.91 Å². The molecule has 0 aliphatic carbocycles. The summed E-state index contributed by atoms with van der Waals surface area (Å²) in [6, 6.07) is 20.2. The van der Waals surface area contributed by atoms with Gasteiger partial charge < -0.3 is 16.4 Å². The number of rotatable bonds is 4. The van der Waals surface area contributed by atoms with Crippen LogP contribution in [0.1, 0.15) is 5.56 Å². The number of nitrogens with one attached hydrogen (secondary N) is 2. The Morgan fingerprint density at radius 1 is 0.963 bits per heavy atom. The maximum atomic E-state index is 11.6. The second-order valence-corrected chi connectivity index (χ2v) is 6.78. The van der Waals surface area contributed by atoms with Crippen molar-refractivity contribution in [2.75, 3.05) is 10.6 Å². The van der Waals surface area contributed by atoms with Gasteiger partial charge in [-0.1, -0.05) is 48.0 Å². The van der Waals surface area contributed by atoms with Crippen molar-refractivity contribution in [1.29, 1.82) is 0 Å². The van der Waals surface area contributed by atoms with Crippen LogP contribution in [0.25, 0.3) is 22.3 Å². The first kappa shape index (κ1) is 17.2. The highest BCUT2D eigenvalue weighted by Crippen LogP contribution is 2.36. The van der Waals surface area contributed by atoms with E-state index in [1.165, 1.54) is 6.20 Å². The van der Waals surface area contributed by atoms with E-state index in [4.69, 9.17) is 17.3 Å². The summed E-state index contributed by atoms with van der Waals surface area (Å²) in [6.07, 6.45) is 3.55. The lowest BCUT2D eigenvalue weighted by Crippen LogP contribution is -2.03. The van der Waals surface area contributed by atoms with Crippen LogP contribution in [0.2, 0.25) is 5.02 Å². The van der Waals surface area contributed by atoms with Crippen molar-refractivity contribution in [3.63, 3.8) is 0 Å². The van der Waals surface area contributed by atoms with Crippen molar-refractivity contribution >= 4 is 28.9 Å². The Balaban J connectivity index is 1.60. The van der Waals surface area contributed by atoms with E-state index in [0.29, 0.717) is 11.4 Å². The highest BCUT2D eigenvalue weighted by molar-refractivity contribution is 6.34. The molecule has 1 amide bonds. The topological polar surface area (TPSA) is 67.2 Å². The molecule has 0 radical (unpaired) electrons. The number of nitrogens with two attached hydrogens (primary N) is 1. The van der Waals surface area contributed by atoms with Crippen LogP contribution in [0.15, 0.2) is 73.1 Å². The number of hydrogen-bond acceptors (Lipinski definition) is 3. The minimum Gasteiger partial charge on any atom is -0.403 e. The summed E-state index contributed by atoms with van der Waals surface area (Å²) in [4.78, 5) is 11.6. The molecule has 4 nitrogen and oxygen atoms in total. The highest BCUT2D eigenvalue weighted by Gasteiger charge is 2.20. The molecule has 0 fully saturated rings. The molecule has 0 aromatic heterocycles. The Kier molecular flexibility index (Phi) is 4.57. The van der Waals surface area contributed by atoms with Crippen LogP contribution in [-0.4, -0.2) is 5.91 Å². The number of benzene rings is 3. The summed E-state index contributed by atoms with van der Waals surface area (Å²) < 4.78 is 0. The number of anilines is 2. The van der Waals surface area contributed by atoms with Gasteiger partial charge in [-0.05, 0) is 46.5 Å². The first-order chi connectivity index (χ1) is 13.1. The molecule has 0 saturated carbocycles. The van der Waals surface area contributed by atoms with Gasteiger partial charge >= 0.3 is 0 Å². The predicted molar refractivity (Wildman–Crippen MR) is 112 cm³/mol. The lowest BCUT2D eigenvalue weighted by Gasteiger charge is -2.09. The lowest BCUT2D eigenvalue weighted by molar-refractivity contribution is -0.115. The zero-order valence-corrected chi connectivity index (χ0v) is 15.3. The number of halogens is 1. The molecule has 1 heterocycles. The molecular weight excluding hydrogens is 358 g/mol. The predicted octanol–water partition coefficient (Wildman–Crippen LogP) is 5.01. The SMILES string of the molecule is N/C=C\Nc1ccc(-c2ccc(-c3cc4c(cc3Cl)NC(=O)C4)cc2)cc1. The van der Waals surface area contributed by atoms with Crippen LogP contribution in [-0.2, 0) is 11.2 Å². The maximum Gasteiger partial charge on any atom is 0.228 e. The number of fused-ring (bicyclic) bond motifs is 1. The van der Waals surface area contributed by atoms with E-state index in [2.05, 4.69) is 47.0 Å². The molecule has 27 heavy (non-hydrogen) atoms.